The van der Waals surface area contributed by atoms with Crippen LogP contribution in [-0.4, -0.2) is 58.8 Å². The van der Waals surface area contributed by atoms with Gasteiger partial charge < -0.3 is 19.9 Å². The van der Waals surface area contributed by atoms with E-state index < -0.39 is 42.2 Å². The summed E-state index contributed by atoms with van der Waals surface area (Å²) < 4.78 is 55.8. The summed E-state index contributed by atoms with van der Waals surface area (Å²) in [4.78, 5) is 35.3. The molecule has 0 saturated carbocycles. The number of aryl methyl sites for hydroxylation is 1. The molecule has 0 spiro atoms. The Bertz CT molecular complexity index is 815. The molecule has 27 heavy (non-hydrogen) atoms. The van der Waals surface area contributed by atoms with Gasteiger partial charge in [0.05, 0.1) is 33.8 Å². The van der Waals surface area contributed by atoms with Crippen LogP contribution in [0.5, 0.6) is 0 Å². The summed E-state index contributed by atoms with van der Waals surface area (Å²) in [5.41, 5.74) is -1.07. The second kappa shape index (κ2) is 8.67. The van der Waals surface area contributed by atoms with E-state index in [0.29, 0.717) is 0 Å². The molecule has 0 aliphatic carbocycles. The van der Waals surface area contributed by atoms with Crippen molar-refractivity contribution < 1.29 is 33.9 Å². The second-order valence-corrected chi connectivity index (χ2v) is 5.85. The third kappa shape index (κ3) is 5.40. The number of carbonyl (C=O) groups is 1. The minimum Gasteiger partial charge on any atom is -0.391 e. The highest BCUT2D eigenvalue weighted by atomic mass is 19.4. The lowest BCUT2D eigenvalue weighted by atomic mass is 10.3. The van der Waals surface area contributed by atoms with Crippen molar-refractivity contribution in [2.75, 3.05) is 26.3 Å². The number of amides is 1. The van der Waals surface area contributed by atoms with Gasteiger partial charge in [-0.25, -0.2) is 4.79 Å². The maximum Gasteiger partial charge on any atom is 0.471 e. The van der Waals surface area contributed by atoms with Crippen LogP contribution in [-0.2, 0) is 20.8 Å². The molecule has 1 aliphatic rings. The number of carbonyl (C=O) groups excluding carboxylic acids is 1. The number of nitrogens with one attached hydrogen (secondary N) is 1. The first-order chi connectivity index (χ1) is 13.0. The van der Waals surface area contributed by atoms with Crippen LogP contribution in [0.15, 0.2) is 15.8 Å². The van der Waals surface area contributed by atoms with Gasteiger partial charge in [0.1, 0.15) is 6.23 Å². The first-order valence-electron chi connectivity index (χ1n) is 8.61. The van der Waals surface area contributed by atoms with Crippen LogP contribution in [0.3, 0.4) is 0 Å². The van der Waals surface area contributed by atoms with Crippen LogP contribution < -0.4 is 16.6 Å². The highest BCUT2D eigenvalue weighted by molar-refractivity contribution is 5.81. The number of aliphatic hydroxyl groups is 1. The fourth-order valence-electron chi connectivity index (χ4n) is 2.43. The van der Waals surface area contributed by atoms with E-state index in [-0.39, 0.29) is 38.3 Å². The first kappa shape index (κ1) is 19.6. The Labute approximate surface area is 152 Å². The van der Waals surface area contributed by atoms with Crippen molar-refractivity contribution in [2.45, 2.75) is 38.4 Å². The molecule has 2 N–H and O–H groups in total. The topological polar surface area (TPSA) is 112 Å². The minimum atomic E-state index is -4.98. The molecule has 1 fully saturated rings. The number of ether oxygens (including phenoxy) is 2. The molecule has 1 amide bonds. The molecule has 3 unspecified atom stereocenters. The van der Waals surface area contributed by atoms with Gasteiger partial charge in [0.25, 0.3) is 5.56 Å². The summed E-state index contributed by atoms with van der Waals surface area (Å²) in [7, 11) is 0. The number of rotatable bonds is 7. The maximum atomic E-state index is 12.5. The van der Waals surface area contributed by atoms with Crippen molar-refractivity contribution in [3.8, 4) is 0 Å². The SMILES string of the molecule is [2H]C1OC(n2cc(C)c(=O)n(CCOCCNC(=O)C(F)(F)F)c2=O)CC1O. The molecule has 2 rings (SSSR count). The normalized spacial score (nSPS) is 23.3. The number of hydrogen-bond acceptors (Lipinski definition) is 6. The quantitative estimate of drug-likeness (QED) is 0.589. The van der Waals surface area contributed by atoms with Crippen LogP contribution in [0.1, 0.15) is 19.6 Å². The van der Waals surface area contributed by atoms with Crippen molar-refractivity contribution >= 4 is 5.91 Å². The van der Waals surface area contributed by atoms with Gasteiger partial charge >= 0.3 is 17.8 Å². The van der Waals surface area contributed by atoms with Crippen molar-refractivity contribution in [1.29, 1.82) is 0 Å². The lowest BCUT2D eigenvalue weighted by Gasteiger charge is -2.16. The van der Waals surface area contributed by atoms with Crippen LogP contribution in [0, 0.1) is 6.92 Å². The summed E-state index contributed by atoms with van der Waals surface area (Å²) in [6, 6.07) is 0. The summed E-state index contributed by atoms with van der Waals surface area (Å²) in [5, 5.41) is 11.2. The van der Waals surface area contributed by atoms with Crippen LogP contribution in [0.2, 0.25) is 0 Å². The number of aromatic nitrogens is 2. The number of alkyl halides is 3. The third-order valence-electron chi connectivity index (χ3n) is 3.76. The zero-order valence-corrected chi connectivity index (χ0v) is 14.4. The molecule has 152 valence electrons. The van der Waals surface area contributed by atoms with Crippen molar-refractivity contribution in [2.24, 2.45) is 0 Å². The first-order valence-corrected chi connectivity index (χ1v) is 8.03. The second-order valence-electron chi connectivity index (χ2n) is 5.85. The van der Waals surface area contributed by atoms with Gasteiger partial charge in [-0.1, -0.05) is 0 Å². The maximum absolute atomic E-state index is 12.5. The lowest BCUT2D eigenvalue weighted by Crippen LogP contribution is -2.43. The van der Waals surface area contributed by atoms with E-state index in [9.17, 15) is 32.7 Å². The Kier molecular flexibility index (Phi) is 6.29. The minimum absolute atomic E-state index is 0.0150. The monoisotopic (exact) mass is 396 g/mol. The van der Waals surface area contributed by atoms with Crippen molar-refractivity contribution in [3.05, 3.63) is 32.6 Å². The van der Waals surface area contributed by atoms with Gasteiger partial charge in [0.15, 0.2) is 0 Å². The Morgan fingerprint density at radius 1 is 1.48 bits per heavy atom. The molecule has 3 atom stereocenters. The third-order valence-corrected chi connectivity index (χ3v) is 3.76. The van der Waals surface area contributed by atoms with Gasteiger partial charge in [0, 0.05) is 24.7 Å². The van der Waals surface area contributed by atoms with Crippen LogP contribution in [0.4, 0.5) is 13.2 Å². The predicted molar refractivity (Wildman–Crippen MR) is 85.2 cm³/mol. The van der Waals surface area contributed by atoms with E-state index in [1.807, 2.05) is 0 Å². The molecular weight excluding hydrogens is 375 g/mol. The Morgan fingerprint density at radius 3 is 2.78 bits per heavy atom. The molecule has 1 aromatic heterocycles. The smallest absolute Gasteiger partial charge is 0.391 e. The Balaban J connectivity index is 1.96. The van der Waals surface area contributed by atoms with Crippen LogP contribution >= 0.6 is 0 Å². The molecule has 1 aliphatic heterocycles. The number of halogens is 3. The van der Waals surface area contributed by atoms with Crippen molar-refractivity contribution in [1.82, 2.24) is 14.5 Å². The standard InChI is InChI=1S/C15H20F3N3O6/c1-9-7-21(11-6-10(22)8-27-11)14(25)20(12(9)23)3-5-26-4-2-19-13(24)15(16,17)18/h7,10-11,22H,2-6,8H2,1H3,(H,19,24)/i8D. The number of aliphatic hydroxyl groups excluding tert-OH is 1. The number of hydrogen-bond donors (Lipinski definition) is 2. The van der Waals surface area contributed by atoms with E-state index in [1.54, 1.807) is 5.32 Å². The molecule has 1 aromatic rings. The van der Waals surface area contributed by atoms with Crippen LogP contribution in [0.25, 0.3) is 0 Å². The Morgan fingerprint density at radius 2 is 2.19 bits per heavy atom. The fraction of sp³-hybridized carbons (Fsp3) is 0.667. The van der Waals surface area contributed by atoms with E-state index in [4.69, 9.17) is 10.8 Å². The number of nitrogens with zero attached hydrogens (tertiary/aromatic N) is 2. The Hall–Kier alpha value is -2.18. The van der Waals surface area contributed by atoms with E-state index in [2.05, 4.69) is 0 Å². The molecule has 0 radical (unpaired) electrons. The molecule has 1 saturated heterocycles. The van der Waals surface area contributed by atoms with E-state index in [1.165, 1.54) is 13.1 Å². The largest absolute Gasteiger partial charge is 0.471 e. The summed E-state index contributed by atoms with van der Waals surface area (Å²) >= 11 is 0. The average molecular weight is 396 g/mol. The predicted octanol–water partition coefficient (Wildman–Crippen LogP) is -0.707. The molecule has 12 heteroatoms. The zero-order valence-electron chi connectivity index (χ0n) is 15.4. The van der Waals surface area contributed by atoms with E-state index >= 15 is 0 Å². The van der Waals surface area contributed by atoms with E-state index in [0.717, 1.165) is 9.13 Å². The summed E-state index contributed by atoms with van der Waals surface area (Å²) in [6.45, 7) is -0.681. The molecule has 9 nitrogen and oxygen atoms in total. The molecule has 0 bridgehead atoms. The van der Waals surface area contributed by atoms with Gasteiger partial charge in [0.2, 0.25) is 0 Å². The average Bonchev–Trinajstić information content (AvgIpc) is 2.94. The summed E-state index contributed by atoms with van der Waals surface area (Å²) in [6.07, 6.45) is -5.64. The fourth-order valence-corrected chi connectivity index (χ4v) is 2.43. The summed E-state index contributed by atoms with van der Waals surface area (Å²) in [5.74, 6) is -2.08. The van der Waals surface area contributed by atoms with Gasteiger partial charge in [-0.05, 0) is 6.92 Å². The van der Waals surface area contributed by atoms with Gasteiger partial charge in [-0.15, -0.1) is 0 Å². The molecular formula is C15H20F3N3O6. The highest BCUT2D eigenvalue weighted by Crippen LogP contribution is 2.21. The van der Waals surface area contributed by atoms with Gasteiger partial charge in [-0.2, -0.15) is 13.2 Å². The highest BCUT2D eigenvalue weighted by Gasteiger charge is 2.38. The van der Waals surface area contributed by atoms with Crippen molar-refractivity contribution in [3.63, 3.8) is 0 Å². The van der Waals surface area contributed by atoms with Gasteiger partial charge in [-0.3, -0.25) is 18.7 Å². The lowest BCUT2D eigenvalue weighted by molar-refractivity contribution is -0.173. The zero-order chi connectivity index (χ0) is 21.1. The molecule has 2 heterocycles. The molecule has 0 aromatic carbocycles.